The summed E-state index contributed by atoms with van der Waals surface area (Å²) >= 11 is 0. The molecular weight excluding hydrogens is 147 g/mol. The molecule has 0 saturated carbocycles. The van der Waals surface area contributed by atoms with Crippen molar-refractivity contribution in [3.63, 3.8) is 0 Å². The highest BCUT2D eigenvalue weighted by atomic mass is 16.5. The number of hydrogen-bond donors (Lipinski definition) is 2. The smallest absolute Gasteiger partial charge is 0.466 e. The van der Waals surface area contributed by atoms with Gasteiger partial charge in [-0.15, -0.1) is 6.58 Å². The highest BCUT2D eigenvalue weighted by Gasteiger charge is 2.11. The summed E-state index contributed by atoms with van der Waals surface area (Å²) < 4.78 is 4.54. The van der Waals surface area contributed by atoms with Crippen molar-refractivity contribution in [1.82, 2.24) is 0 Å². The predicted octanol–water partition coefficient (Wildman–Crippen LogP) is -0.492. The van der Waals surface area contributed by atoms with E-state index in [9.17, 15) is 4.79 Å². The molecule has 0 atom stereocenters. The van der Waals surface area contributed by atoms with E-state index in [1.807, 2.05) is 0 Å². The van der Waals surface area contributed by atoms with Gasteiger partial charge in [-0.05, 0) is 11.9 Å². The Labute approximate surface area is 65.6 Å². The molecule has 0 aliphatic heterocycles. The van der Waals surface area contributed by atoms with Crippen molar-refractivity contribution in [3.05, 3.63) is 12.1 Å². The van der Waals surface area contributed by atoms with Gasteiger partial charge in [0.15, 0.2) is 0 Å². The van der Waals surface area contributed by atoms with Crippen LogP contribution in [0.5, 0.6) is 0 Å². The summed E-state index contributed by atoms with van der Waals surface area (Å²) in [7, 11) is -1.52. The molecule has 0 aliphatic carbocycles. The van der Waals surface area contributed by atoms with Crippen LogP contribution >= 0.6 is 0 Å². The zero-order valence-electron chi connectivity index (χ0n) is 6.41. The second-order valence-electron chi connectivity index (χ2n) is 2.12. The number of hydrogen-bond acceptors (Lipinski definition) is 4. The Morgan fingerprint density at radius 3 is 2.55 bits per heavy atom. The molecule has 0 amide bonds. The van der Waals surface area contributed by atoms with E-state index in [2.05, 4.69) is 11.3 Å². The molecule has 0 aromatic rings. The highest BCUT2D eigenvalue weighted by molar-refractivity contribution is 6.50. The maximum absolute atomic E-state index is 10.2. The molecule has 62 valence electrons. The number of carbonyl (C=O) groups excluding carboxylic acids is 1. The first-order valence-electron chi connectivity index (χ1n) is 3.21. The Hall–Kier alpha value is -0.805. The molecule has 0 radical (unpaired) electrons. The molecule has 0 aliphatic rings. The lowest BCUT2D eigenvalue weighted by Crippen LogP contribution is -2.16. The fraction of sp³-hybridized carbons (Fsp3) is 0.500. The number of esters is 1. The molecule has 0 fully saturated rings. The van der Waals surface area contributed by atoms with Crippen LogP contribution in [0.4, 0.5) is 0 Å². The standard InChI is InChI=1S/C6H11BO4/c1-5(7(9)10)3-4-11-6(2)8/h9-10H,1,3-4H2,2H3. The van der Waals surface area contributed by atoms with Crippen molar-refractivity contribution < 1.29 is 19.6 Å². The van der Waals surface area contributed by atoms with Gasteiger partial charge in [0.2, 0.25) is 0 Å². The monoisotopic (exact) mass is 158 g/mol. The first-order chi connectivity index (χ1) is 5.04. The van der Waals surface area contributed by atoms with Crippen molar-refractivity contribution in [3.8, 4) is 0 Å². The van der Waals surface area contributed by atoms with Crippen molar-refractivity contribution in [2.45, 2.75) is 13.3 Å². The molecule has 0 spiro atoms. The van der Waals surface area contributed by atoms with E-state index in [0.717, 1.165) is 0 Å². The normalized spacial score (nSPS) is 9.00. The maximum atomic E-state index is 10.2. The molecule has 11 heavy (non-hydrogen) atoms. The van der Waals surface area contributed by atoms with Crippen LogP contribution in [-0.4, -0.2) is 29.7 Å². The lowest BCUT2D eigenvalue weighted by Gasteiger charge is -2.03. The Morgan fingerprint density at radius 1 is 1.64 bits per heavy atom. The lowest BCUT2D eigenvalue weighted by molar-refractivity contribution is -0.140. The first kappa shape index (κ1) is 10.2. The van der Waals surface area contributed by atoms with Crippen LogP contribution in [0.25, 0.3) is 0 Å². The minimum Gasteiger partial charge on any atom is -0.466 e. The zero-order chi connectivity index (χ0) is 8.85. The first-order valence-corrected chi connectivity index (χ1v) is 3.21. The van der Waals surface area contributed by atoms with Gasteiger partial charge < -0.3 is 14.8 Å². The van der Waals surface area contributed by atoms with Gasteiger partial charge in [0.1, 0.15) is 0 Å². The number of ether oxygens (including phenoxy) is 1. The maximum Gasteiger partial charge on any atom is 0.483 e. The summed E-state index contributed by atoms with van der Waals surface area (Å²) in [6.07, 6.45) is 0.275. The average Bonchev–Trinajstić information content (AvgIpc) is 1.86. The van der Waals surface area contributed by atoms with Crippen LogP contribution in [0.2, 0.25) is 0 Å². The summed E-state index contributed by atoms with van der Waals surface area (Å²) in [6.45, 7) is 4.79. The van der Waals surface area contributed by atoms with Gasteiger partial charge >= 0.3 is 13.1 Å². The summed E-state index contributed by atoms with van der Waals surface area (Å²) in [5.74, 6) is -0.384. The molecule has 0 saturated heterocycles. The third-order valence-corrected chi connectivity index (χ3v) is 1.09. The summed E-state index contributed by atoms with van der Waals surface area (Å²) in [6, 6.07) is 0. The average molecular weight is 158 g/mol. The molecule has 0 unspecified atom stereocenters. The van der Waals surface area contributed by atoms with Crippen molar-refractivity contribution >= 4 is 13.1 Å². The van der Waals surface area contributed by atoms with Gasteiger partial charge in [0.05, 0.1) is 6.61 Å². The van der Waals surface area contributed by atoms with Crippen LogP contribution in [0.15, 0.2) is 12.1 Å². The van der Waals surface area contributed by atoms with E-state index in [4.69, 9.17) is 10.0 Å². The summed E-state index contributed by atoms with van der Waals surface area (Å²) in [4.78, 5) is 10.2. The fourth-order valence-corrected chi connectivity index (χ4v) is 0.455. The van der Waals surface area contributed by atoms with Gasteiger partial charge in [-0.3, -0.25) is 4.79 Å². The van der Waals surface area contributed by atoms with E-state index < -0.39 is 7.12 Å². The van der Waals surface area contributed by atoms with Crippen molar-refractivity contribution in [1.29, 1.82) is 0 Å². The third-order valence-electron chi connectivity index (χ3n) is 1.09. The second kappa shape index (κ2) is 4.93. The van der Waals surface area contributed by atoms with E-state index in [1.54, 1.807) is 0 Å². The molecule has 0 aromatic carbocycles. The Kier molecular flexibility index (Phi) is 4.57. The van der Waals surface area contributed by atoms with Gasteiger partial charge in [-0.1, -0.05) is 0 Å². The minimum absolute atomic E-state index is 0.145. The zero-order valence-corrected chi connectivity index (χ0v) is 6.41. The molecule has 5 heteroatoms. The number of carbonyl (C=O) groups is 1. The summed E-state index contributed by atoms with van der Waals surface area (Å²) in [5, 5.41) is 17.0. The van der Waals surface area contributed by atoms with E-state index in [-0.39, 0.29) is 24.5 Å². The van der Waals surface area contributed by atoms with Gasteiger partial charge in [0.25, 0.3) is 0 Å². The molecule has 0 aromatic heterocycles. The van der Waals surface area contributed by atoms with Gasteiger partial charge in [-0.25, -0.2) is 0 Å². The largest absolute Gasteiger partial charge is 0.483 e. The van der Waals surface area contributed by atoms with Crippen LogP contribution in [0.3, 0.4) is 0 Å². The summed E-state index contributed by atoms with van der Waals surface area (Å²) in [5.41, 5.74) is 0.242. The highest BCUT2D eigenvalue weighted by Crippen LogP contribution is 1.98. The minimum atomic E-state index is -1.52. The van der Waals surface area contributed by atoms with Crippen LogP contribution in [-0.2, 0) is 9.53 Å². The molecule has 2 N–H and O–H groups in total. The predicted molar refractivity (Wildman–Crippen MR) is 40.6 cm³/mol. The van der Waals surface area contributed by atoms with Crippen LogP contribution in [0.1, 0.15) is 13.3 Å². The number of rotatable bonds is 4. The fourth-order valence-electron chi connectivity index (χ4n) is 0.455. The molecular formula is C6H11BO4. The van der Waals surface area contributed by atoms with Gasteiger partial charge in [0, 0.05) is 6.92 Å². The van der Waals surface area contributed by atoms with Crippen LogP contribution < -0.4 is 0 Å². The van der Waals surface area contributed by atoms with Crippen molar-refractivity contribution in [2.24, 2.45) is 0 Å². The quantitative estimate of drug-likeness (QED) is 0.427. The Bertz CT molecular complexity index is 155. The molecule has 4 nitrogen and oxygen atoms in total. The molecule has 0 rings (SSSR count). The van der Waals surface area contributed by atoms with Crippen molar-refractivity contribution in [2.75, 3.05) is 6.61 Å². The topological polar surface area (TPSA) is 66.8 Å². The van der Waals surface area contributed by atoms with Gasteiger partial charge in [-0.2, -0.15) is 0 Å². The van der Waals surface area contributed by atoms with Crippen LogP contribution in [0, 0.1) is 0 Å². The SMILES string of the molecule is C=C(CCOC(C)=O)B(O)O. The third kappa shape index (κ3) is 5.63. The Balaban J connectivity index is 3.39. The van der Waals surface area contributed by atoms with E-state index in [1.165, 1.54) is 6.92 Å². The van der Waals surface area contributed by atoms with E-state index in [0.29, 0.717) is 0 Å². The molecule has 0 bridgehead atoms. The van der Waals surface area contributed by atoms with E-state index >= 15 is 0 Å². The lowest BCUT2D eigenvalue weighted by atomic mass is 9.79. The Morgan fingerprint density at radius 2 is 2.18 bits per heavy atom. The molecule has 0 heterocycles. The second-order valence-corrected chi connectivity index (χ2v) is 2.12.